The second kappa shape index (κ2) is 6.93. The molecular formula is C21H22N2O2. The van der Waals surface area contributed by atoms with Crippen LogP contribution in [0.15, 0.2) is 65.6 Å². The number of carbonyl (C=O) groups excluding carboxylic acids is 1. The minimum Gasteiger partial charge on any atom is -0.466 e. The first-order valence-electron chi connectivity index (χ1n) is 8.27. The van der Waals surface area contributed by atoms with E-state index in [1.54, 1.807) is 0 Å². The normalized spacial score (nSPS) is 17.0. The number of nitrogens with one attached hydrogen (secondary N) is 1. The molecule has 0 aliphatic carbocycles. The predicted octanol–water partition coefficient (Wildman–Crippen LogP) is 4.09. The molecule has 1 aliphatic rings. The Morgan fingerprint density at radius 2 is 1.80 bits per heavy atom. The molecule has 0 amide bonds. The molecule has 0 saturated heterocycles. The van der Waals surface area contributed by atoms with E-state index in [0.29, 0.717) is 5.57 Å². The van der Waals surface area contributed by atoms with Gasteiger partial charge in [0.2, 0.25) is 0 Å². The summed E-state index contributed by atoms with van der Waals surface area (Å²) in [5, 5.41) is 3.21. The van der Waals surface area contributed by atoms with Crippen LogP contribution in [0.3, 0.4) is 0 Å². The molecule has 1 N–H and O–H groups in total. The highest BCUT2D eigenvalue weighted by Gasteiger charge is 2.27. The van der Waals surface area contributed by atoms with Gasteiger partial charge in [0.25, 0.3) is 0 Å². The SMILES string of the molecule is COC(=O)C1=C(C)NC(C)=CC1c1ccc(-c2ccc(C)cc2)nc1. The Morgan fingerprint density at radius 1 is 1.08 bits per heavy atom. The van der Waals surface area contributed by atoms with E-state index in [9.17, 15) is 4.79 Å². The number of nitrogens with zero attached hydrogens (tertiary/aromatic N) is 1. The third kappa shape index (κ3) is 3.48. The lowest BCUT2D eigenvalue weighted by molar-refractivity contribution is -0.136. The lowest BCUT2D eigenvalue weighted by Gasteiger charge is -2.25. The van der Waals surface area contributed by atoms with Gasteiger partial charge in [0.05, 0.1) is 18.4 Å². The van der Waals surface area contributed by atoms with Gasteiger partial charge in [0.15, 0.2) is 0 Å². The summed E-state index contributed by atoms with van der Waals surface area (Å²) in [6.45, 7) is 5.94. The summed E-state index contributed by atoms with van der Waals surface area (Å²) in [4.78, 5) is 16.8. The Hall–Kier alpha value is -2.88. The number of dihydropyridines is 1. The van der Waals surface area contributed by atoms with E-state index in [2.05, 4.69) is 41.5 Å². The molecule has 0 fully saturated rings. The third-order valence-corrected chi connectivity index (χ3v) is 4.41. The van der Waals surface area contributed by atoms with Gasteiger partial charge in [-0.15, -0.1) is 0 Å². The molecule has 0 radical (unpaired) electrons. The number of benzene rings is 1. The zero-order chi connectivity index (χ0) is 18.0. The fourth-order valence-electron chi connectivity index (χ4n) is 3.11. The minimum absolute atomic E-state index is 0.159. The van der Waals surface area contributed by atoms with E-state index in [1.165, 1.54) is 12.7 Å². The van der Waals surface area contributed by atoms with Gasteiger partial charge in [0.1, 0.15) is 0 Å². The van der Waals surface area contributed by atoms with Crippen molar-refractivity contribution in [1.82, 2.24) is 10.3 Å². The summed E-state index contributed by atoms with van der Waals surface area (Å²) >= 11 is 0. The highest BCUT2D eigenvalue weighted by molar-refractivity contribution is 5.92. The number of allylic oxidation sites excluding steroid dienone is 3. The maximum Gasteiger partial charge on any atom is 0.336 e. The van der Waals surface area contributed by atoms with Crippen LogP contribution in [0.4, 0.5) is 0 Å². The van der Waals surface area contributed by atoms with Gasteiger partial charge in [-0.05, 0) is 32.4 Å². The first kappa shape index (κ1) is 17.0. The number of hydrogen-bond donors (Lipinski definition) is 1. The quantitative estimate of drug-likeness (QED) is 0.859. The molecule has 2 heterocycles. The number of carbonyl (C=O) groups is 1. The van der Waals surface area contributed by atoms with Crippen LogP contribution in [0.25, 0.3) is 11.3 Å². The van der Waals surface area contributed by atoms with Gasteiger partial charge in [-0.25, -0.2) is 4.79 Å². The van der Waals surface area contributed by atoms with Crippen LogP contribution in [0.5, 0.6) is 0 Å². The van der Waals surface area contributed by atoms with Gasteiger partial charge in [-0.2, -0.15) is 0 Å². The number of pyridine rings is 1. The van der Waals surface area contributed by atoms with Gasteiger partial charge in [0, 0.05) is 29.1 Å². The lowest BCUT2D eigenvalue weighted by atomic mass is 9.87. The number of rotatable bonds is 3. The van der Waals surface area contributed by atoms with Crippen LogP contribution in [-0.2, 0) is 9.53 Å². The van der Waals surface area contributed by atoms with E-state index in [-0.39, 0.29) is 11.9 Å². The monoisotopic (exact) mass is 334 g/mol. The lowest BCUT2D eigenvalue weighted by Crippen LogP contribution is -2.25. The van der Waals surface area contributed by atoms with Crippen molar-refractivity contribution in [2.45, 2.75) is 26.7 Å². The van der Waals surface area contributed by atoms with Gasteiger partial charge < -0.3 is 10.1 Å². The van der Waals surface area contributed by atoms with Crippen molar-refractivity contribution in [3.05, 3.63) is 76.8 Å². The van der Waals surface area contributed by atoms with Crippen molar-refractivity contribution in [1.29, 1.82) is 0 Å². The summed E-state index contributed by atoms with van der Waals surface area (Å²) in [6, 6.07) is 12.3. The van der Waals surface area contributed by atoms with Crippen molar-refractivity contribution in [2.24, 2.45) is 0 Å². The summed E-state index contributed by atoms with van der Waals surface area (Å²) in [6.07, 6.45) is 3.87. The number of aromatic nitrogens is 1. The van der Waals surface area contributed by atoms with Crippen LogP contribution >= 0.6 is 0 Å². The number of hydrogen-bond acceptors (Lipinski definition) is 4. The largest absolute Gasteiger partial charge is 0.466 e. The molecule has 4 heteroatoms. The first-order chi connectivity index (χ1) is 12.0. The fraction of sp³-hybridized carbons (Fsp3) is 0.238. The molecular weight excluding hydrogens is 312 g/mol. The van der Waals surface area contributed by atoms with Crippen LogP contribution < -0.4 is 5.32 Å². The number of aryl methyl sites for hydroxylation is 1. The molecule has 25 heavy (non-hydrogen) atoms. The summed E-state index contributed by atoms with van der Waals surface area (Å²) in [7, 11) is 1.41. The molecule has 128 valence electrons. The standard InChI is InChI=1S/C21H22N2O2/c1-13-5-7-16(8-6-13)19-10-9-17(12-22-19)18-11-14(2)23-15(3)20(18)21(24)25-4/h5-12,18,23H,1-4H3. The average Bonchev–Trinajstić information content (AvgIpc) is 2.61. The second-order valence-corrected chi connectivity index (χ2v) is 6.33. The number of esters is 1. The van der Waals surface area contributed by atoms with Crippen molar-refractivity contribution in [3.63, 3.8) is 0 Å². The highest BCUT2D eigenvalue weighted by atomic mass is 16.5. The molecule has 1 atom stereocenters. The van der Waals surface area contributed by atoms with Gasteiger partial charge in [-0.1, -0.05) is 42.0 Å². The van der Waals surface area contributed by atoms with Crippen LogP contribution in [-0.4, -0.2) is 18.1 Å². The fourth-order valence-corrected chi connectivity index (χ4v) is 3.11. The summed E-state index contributed by atoms with van der Waals surface area (Å²) < 4.78 is 4.96. The Balaban J connectivity index is 1.96. The Kier molecular flexibility index (Phi) is 4.70. The maximum absolute atomic E-state index is 12.2. The molecule has 0 spiro atoms. The van der Waals surface area contributed by atoms with E-state index in [4.69, 9.17) is 4.74 Å². The van der Waals surface area contributed by atoms with Crippen LogP contribution in [0, 0.1) is 6.92 Å². The van der Waals surface area contributed by atoms with Crippen molar-refractivity contribution in [3.8, 4) is 11.3 Å². The zero-order valence-corrected chi connectivity index (χ0v) is 15.0. The van der Waals surface area contributed by atoms with Crippen LogP contribution in [0.1, 0.15) is 30.9 Å². The first-order valence-corrected chi connectivity index (χ1v) is 8.27. The smallest absolute Gasteiger partial charge is 0.336 e. The number of ether oxygens (including phenoxy) is 1. The Bertz CT molecular complexity index is 846. The van der Waals surface area contributed by atoms with E-state index in [1.807, 2.05) is 38.3 Å². The zero-order valence-electron chi connectivity index (χ0n) is 15.0. The summed E-state index contributed by atoms with van der Waals surface area (Å²) in [5.41, 5.74) is 6.64. The van der Waals surface area contributed by atoms with Gasteiger partial charge in [-0.3, -0.25) is 4.98 Å². The second-order valence-electron chi connectivity index (χ2n) is 6.33. The molecule has 1 aromatic heterocycles. The van der Waals surface area contributed by atoms with Crippen molar-refractivity contribution < 1.29 is 9.53 Å². The molecule has 1 unspecified atom stereocenters. The predicted molar refractivity (Wildman–Crippen MR) is 98.8 cm³/mol. The maximum atomic E-state index is 12.2. The molecule has 2 aromatic rings. The third-order valence-electron chi connectivity index (χ3n) is 4.41. The van der Waals surface area contributed by atoms with Crippen molar-refractivity contribution >= 4 is 5.97 Å². The van der Waals surface area contributed by atoms with Gasteiger partial charge >= 0.3 is 5.97 Å². The minimum atomic E-state index is -0.318. The molecule has 3 rings (SSSR count). The Labute approximate surface area is 148 Å². The van der Waals surface area contributed by atoms with E-state index >= 15 is 0 Å². The topological polar surface area (TPSA) is 51.2 Å². The van der Waals surface area contributed by atoms with E-state index in [0.717, 1.165) is 28.2 Å². The molecule has 1 aromatic carbocycles. The van der Waals surface area contributed by atoms with Crippen LogP contribution in [0.2, 0.25) is 0 Å². The molecule has 4 nitrogen and oxygen atoms in total. The van der Waals surface area contributed by atoms with Crippen molar-refractivity contribution in [2.75, 3.05) is 7.11 Å². The average molecular weight is 334 g/mol. The molecule has 1 aliphatic heterocycles. The number of methoxy groups -OCH3 is 1. The highest BCUT2D eigenvalue weighted by Crippen LogP contribution is 2.33. The van der Waals surface area contributed by atoms with E-state index < -0.39 is 0 Å². The summed E-state index contributed by atoms with van der Waals surface area (Å²) in [5.74, 6) is -0.477. The molecule has 0 saturated carbocycles. The molecule has 0 bridgehead atoms. The Morgan fingerprint density at radius 3 is 2.40 bits per heavy atom.